The first kappa shape index (κ1) is 12.1. The zero-order chi connectivity index (χ0) is 10.7. The molecule has 0 bridgehead atoms. The molecular formula is C10H16BrClN2. The molecule has 1 unspecified atom stereocenters. The molecule has 0 amide bonds. The number of aromatic nitrogens is 2. The first-order valence-corrected chi connectivity index (χ1v) is 6.17. The van der Waals surface area contributed by atoms with Crippen molar-refractivity contribution in [1.29, 1.82) is 0 Å². The third kappa shape index (κ3) is 2.74. The molecule has 4 heteroatoms. The van der Waals surface area contributed by atoms with Gasteiger partial charge >= 0.3 is 0 Å². The van der Waals surface area contributed by atoms with Crippen LogP contribution in [0.1, 0.15) is 31.0 Å². The van der Waals surface area contributed by atoms with Crippen LogP contribution in [0.5, 0.6) is 0 Å². The van der Waals surface area contributed by atoms with Gasteiger partial charge in [-0.25, -0.2) is 0 Å². The molecular weight excluding hydrogens is 263 g/mol. The molecule has 80 valence electrons. The van der Waals surface area contributed by atoms with Gasteiger partial charge in [0.05, 0.1) is 5.69 Å². The van der Waals surface area contributed by atoms with E-state index >= 15 is 0 Å². The molecule has 1 heterocycles. The highest BCUT2D eigenvalue weighted by Gasteiger charge is 2.12. The molecule has 0 radical (unpaired) electrons. The van der Waals surface area contributed by atoms with Crippen molar-refractivity contribution in [3.63, 3.8) is 0 Å². The summed E-state index contributed by atoms with van der Waals surface area (Å²) in [6.45, 7) is 4.19. The summed E-state index contributed by atoms with van der Waals surface area (Å²) >= 11 is 9.75. The van der Waals surface area contributed by atoms with Gasteiger partial charge in [0.25, 0.3) is 0 Å². The maximum absolute atomic E-state index is 6.13. The van der Waals surface area contributed by atoms with E-state index in [4.69, 9.17) is 11.6 Å². The molecule has 0 saturated carbocycles. The quantitative estimate of drug-likeness (QED) is 0.772. The van der Waals surface area contributed by atoms with Crippen molar-refractivity contribution in [3.05, 3.63) is 16.4 Å². The van der Waals surface area contributed by atoms with Crippen molar-refractivity contribution in [2.24, 2.45) is 7.05 Å². The molecule has 1 atom stereocenters. The molecule has 2 nitrogen and oxygen atoms in total. The smallest absolute Gasteiger partial charge is 0.130 e. The van der Waals surface area contributed by atoms with Gasteiger partial charge in [0.2, 0.25) is 0 Å². The second-order valence-corrected chi connectivity index (χ2v) is 5.18. The van der Waals surface area contributed by atoms with Crippen molar-refractivity contribution in [2.75, 3.05) is 0 Å². The number of aryl methyl sites for hydroxylation is 2. The van der Waals surface area contributed by atoms with E-state index in [1.807, 2.05) is 14.0 Å². The third-order valence-electron chi connectivity index (χ3n) is 2.42. The molecule has 0 N–H and O–H groups in total. The minimum absolute atomic E-state index is 0.582. The fourth-order valence-electron chi connectivity index (χ4n) is 1.46. The van der Waals surface area contributed by atoms with Crippen LogP contribution in [0, 0.1) is 6.92 Å². The molecule has 1 aromatic rings. The van der Waals surface area contributed by atoms with Crippen LogP contribution in [0.15, 0.2) is 0 Å². The highest BCUT2D eigenvalue weighted by atomic mass is 79.9. The number of halogens is 2. The van der Waals surface area contributed by atoms with Gasteiger partial charge in [-0.3, -0.25) is 4.68 Å². The van der Waals surface area contributed by atoms with Crippen LogP contribution in [0.4, 0.5) is 0 Å². The Morgan fingerprint density at radius 3 is 2.64 bits per heavy atom. The molecule has 0 spiro atoms. The second kappa shape index (κ2) is 5.17. The fourth-order valence-corrected chi connectivity index (χ4v) is 1.96. The van der Waals surface area contributed by atoms with E-state index in [2.05, 4.69) is 28.0 Å². The number of nitrogens with zero attached hydrogens (tertiary/aromatic N) is 2. The van der Waals surface area contributed by atoms with E-state index < -0.39 is 0 Å². The van der Waals surface area contributed by atoms with Crippen LogP contribution in [-0.2, 0) is 13.5 Å². The Kier molecular flexibility index (Phi) is 4.45. The van der Waals surface area contributed by atoms with Gasteiger partial charge in [-0.1, -0.05) is 34.5 Å². The Hall–Kier alpha value is -0.0200. The average Bonchev–Trinajstić information content (AvgIpc) is 2.39. The van der Waals surface area contributed by atoms with E-state index in [0.29, 0.717) is 4.83 Å². The molecule has 0 aliphatic carbocycles. The average molecular weight is 280 g/mol. The fraction of sp³-hybridized carbons (Fsp3) is 0.700. The van der Waals surface area contributed by atoms with Crippen molar-refractivity contribution < 1.29 is 0 Å². The largest absolute Gasteiger partial charge is 0.257 e. The molecule has 1 rings (SSSR count). The van der Waals surface area contributed by atoms with Crippen LogP contribution < -0.4 is 0 Å². The summed E-state index contributed by atoms with van der Waals surface area (Å²) in [5.41, 5.74) is 2.24. The molecule has 0 saturated heterocycles. The number of hydrogen-bond acceptors (Lipinski definition) is 1. The van der Waals surface area contributed by atoms with Crippen molar-refractivity contribution >= 4 is 27.5 Å². The van der Waals surface area contributed by atoms with E-state index in [-0.39, 0.29) is 0 Å². The zero-order valence-electron chi connectivity index (χ0n) is 8.85. The number of rotatable bonds is 4. The van der Waals surface area contributed by atoms with Crippen molar-refractivity contribution in [2.45, 2.75) is 37.9 Å². The minimum atomic E-state index is 0.582. The van der Waals surface area contributed by atoms with E-state index in [1.165, 1.54) is 5.56 Å². The summed E-state index contributed by atoms with van der Waals surface area (Å²) in [4.78, 5) is 0.582. The number of alkyl halides is 1. The molecule has 0 aromatic carbocycles. The summed E-state index contributed by atoms with van der Waals surface area (Å²) in [5.74, 6) is 0. The highest BCUT2D eigenvalue weighted by molar-refractivity contribution is 9.09. The summed E-state index contributed by atoms with van der Waals surface area (Å²) < 4.78 is 1.74. The van der Waals surface area contributed by atoms with E-state index in [1.54, 1.807) is 4.68 Å². The Labute approximate surface area is 98.8 Å². The van der Waals surface area contributed by atoms with Crippen LogP contribution in [0.25, 0.3) is 0 Å². The van der Waals surface area contributed by atoms with E-state index in [9.17, 15) is 0 Å². The Bertz CT molecular complexity index is 309. The monoisotopic (exact) mass is 278 g/mol. The molecule has 0 fully saturated rings. The zero-order valence-corrected chi connectivity index (χ0v) is 11.2. The van der Waals surface area contributed by atoms with E-state index in [0.717, 1.165) is 30.1 Å². The van der Waals surface area contributed by atoms with Gasteiger partial charge in [0.15, 0.2) is 0 Å². The van der Waals surface area contributed by atoms with Gasteiger partial charge in [-0.2, -0.15) is 5.10 Å². The third-order valence-corrected chi connectivity index (χ3v) is 4.00. The van der Waals surface area contributed by atoms with Crippen molar-refractivity contribution in [1.82, 2.24) is 9.78 Å². The minimum Gasteiger partial charge on any atom is -0.257 e. The van der Waals surface area contributed by atoms with Crippen LogP contribution in [0.3, 0.4) is 0 Å². The van der Waals surface area contributed by atoms with Gasteiger partial charge < -0.3 is 0 Å². The summed E-state index contributed by atoms with van der Waals surface area (Å²) in [6, 6.07) is 0. The Morgan fingerprint density at radius 2 is 2.21 bits per heavy atom. The summed E-state index contributed by atoms with van der Waals surface area (Å²) in [5, 5.41) is 5.06. The Morgan fingerprint density at radius 1 is 1.57 bits per heavy atom. The van der Waals surface area contributed by atoms with Gasteiger partial charge in [-0.15, -0.1) is 0 Å². The lowest BCUT2D eigenvalue weighted by Gasteiger charge is -2.05. The highest BCUT2D eigenvalue weighted by Crippen LogP contribution is 2.22. The summed E-state index contributed by atoms with van der Waals surface area (Å²) in [6.07, 6.45) is 3.27. The standard InChI is InChI=1S/C10H16BrClN2/c1-4-8(11)5-6-9-7(2)13-14(3)10(9)12/h8H,4-6H2,1-3H3. The first-order chi connectivity index (χ1) is 6.56. The summed E-state index contributed by atoms with van der Waals surface area (Å²) in [7, 11) is 1.88. The lowest BCUT2D eigenvalue weighted by Crippen LogP contribution is -1.98. The molecule has 1 aromatic heterocycles. The number of hydrogen-bond donors (Lipinski definition) is 0. The molecule has 0 aliphatic rings. The normalized spacial score (nSPS) is 13.2. The maximum Gasteiger partial charge on any atom is 0.130 e. The maximum atomic E-state index is 6.13. The predicted octanol–water partition coefficient (Wildman–Crippen LogP) is 3.49. The lowest BCUT2D eigenvalue weighted by atomic mass is 10.1. The van der Waals surface area contributed by atoms with Gasteiger partial charge in [0, 0.05) is 17.4 Å². The van der Waals surface area contributed by atoms with Crippen LogP contribution >= 0.6 is 27.5 Å². The van der Waals surface area contributed by atoms with Crippen LogP contribution in [0.2, 0.25) is 5.15 Å². The molecule has 14 heavy (non-hydrogen) atoms. The first-order valence-electron chi connectivity index (χ1n) is 4.88. The lowest BCUT2D eigenvalue weighted by molar-refractivity contribution is 0.743. The van der Waals surface area contributed by atoms with Gasteiger partial charge in [0.1, 0.15) is 5.15 Å². The second-order valence-electron chi connectivity index (χ2n) is 3.52. The molecule has 0 aliphatic heterocycles. The predicted molar refractivity (Wildman–Crippen MR) is 64.3 cm³/mol. The van der Waals surface area contributed by atoms with Gasteiger partial charge in [-0.05, 0) is 26.2 Å². The van der Waals surface area contributed by atoms with Crippen molar-refractivity contribution in [3.8, 4) is 0 Å². The SMILES string of the molecule is CCC(Br)CCc1c(C)nn(C)c1Cl. The Balaban J connectivity index is 2.67. The van der Waals surface area contributed by atoms with Crippen LogP contribution in [-0.4, -0.2) is 14.6 Å². The topological polar surface area (TPSA) is 17.8 Å².